The Kier molecular flexibility index (Phi) is 6.09. The van der Waals surface area contributed by atoms with E-state index in [0.29, 0.717) is 11.8 Å². The van der Waals surface area contributed by atoms with Crippen LogP contribution in [-0.4, -0.2) is 7.11 Å². The Labute approximate surface area is 140 Å². The lowest BCUT2D eigenvalue weighted by Gasteiger charge is -2.25. The van der Waals surface area contributed by atoms with Gasteiger partial charge in [-0.05, 0) is 53.5 Å². The number of nitrogen functional groups attached to an aromatic ring is 1. The molecule has 2 aromatic carbocycles. The molecule has 2 unspecified atom stereocenters. The zero-order chi connectivity index (χ0) is 16.8. The maximum atomic E-state index is 6.05. The van der Waals surface area contributed by atoms with Crippen LogP contribution in [0.4, 0.5) is 5.69 Å². The lowest BCUT2D eigenvalue weighted by Crippen LogP contribution is -2.13. The van der Waals surface area contributed by atoms with Gasteiger partial charge in [-0.1, -0.05) is 57.5 Å². The molecule has 2 N–H and O–H groups in total. The highest BCUT2D eigenvalue weighted by molar-refractivity contribution is 5.49. The van der Waals surface area contributed by atoms with E-state index in [2.05, 4.69) is 51.1 Å². The summed E-state index contributed by atoms with van der Waals surface area (Å²) >= 11 is 0. The lowest BCUT2D eigenvalue weighted by atomic mass is 9.81. The highest BCUT2D eigenvalue weighted by Gasteiger charge is 2.20. The number of hydrogen-bond acceptors (Lipinski definition) is 2. The summed E-state index contributed by atoms with van der Waals surface area (Å²) in [6.07, 6.45) is 3.16. The molecule has 0 bridgehead atoms. The van der Waals surface area contributed by atoms with Gasteiger partial charge in [0.25, 0.3) is 0 Å². The van der Waals surface area contributed by atoms with Crippen LogP contribution in [0.3, 0.4) is 0 Å². The van der Waals surface area contributed by atoms with Gasteiger partial charge >= 0.3 is 0 Å². The van der Waals surface area contributed by atoms with Crippen molar-refractivity contribution in [2.75, 3.05) is 12.8 Å². The molecule has 0 aliphatic heterocycles. The maximum absolute atomic E-state index is 6.05. The molecule has 23 heavy (non-hydrogen) atoms. The van der Waals surface area contributed by atoms with Crippen LogP contribution in [0.1, 0.15) is 49.8 Å². The lowest BCUT2D eigenvalue weighted by molar-refractivity contribution is 0.390. The van der Waals surface area contributed by atoms with E-state index in [1.54, 1.807) is 7.11 Å². The van der Waals surface area contributed by atoms with E-state index in [1.165, 1.54) is 16.7 Å². The zero-order valence-electron chi connectivity index (χ0n) is 14.8. The molecule has 0 saturated heterocycles. The second-order valence-corrected chi connectivity index (χ2v) is 6.28. The van der Waals surface area contributed by atoms with Crippen molar-refractivity contribution in [1.82, 2.24) is 0 Å². The van der Waals surface area contributed by atoms with E-state index in [0.717, 1.165) is 30.7 Å². The fourth-order valence-electron chi connectivity index (χ4n) is 3.32. The topological polar surface area (TPSA) is 35.2 Å². The molecule has 0 fully saturated rings. The predicted octanol–water partition coefficient (Wildman–Crippen LogP) is 5.21. The SMILES string of the molecule is CCc1cc(C(C)C(CC)Cc2ccccc2OC)ccc1N. The van der Waals surface area contributed by atoms with Crippen LogP contribution in [0.25, 0.3) is 0 Å². The van der Waals surface area contributed by atoms with E-state index in [1.807, 2.05) is 12.1 Å². The second-order valence-electron chi connectivity index (χ2n) is 6.28. The molecule has 0 spiro atoms. The van der Waals surface area contributed by atoms with Crippen LogP contribution in [0, 0.1) is 5.92 Å². The van der Waals surface area contributed by atoms with Gasteiger partial charge < -0.3 is 10.5 Å². The Morgan fingerprint density at radius 2 is 1.78 bits per heavy atom. The minimum absolute atomic E-state index is 0.496. The van der Waals surface area contributed by atoms with Crippen molar-refractivity contribution < 1.29 is 4.74 Å². The van der Waals surface area contributed by atoms with E-state index < -0.39 is 0 Å². The molecule has 124 valence electrons. The quantitative estimate of drug-likeness (QED) is 0.712. The molecule has 2 heteroatoms. The van der Waals surface area contributed by atoms with Gasteiger partial charge in [0.15, 0.2) is 0 Å². The van der Waals surface area contributed by atoms with Crippen molar-refractivity contribution >= 4 is 5.69 Å². The predicted molar refractivity (Wildman–Crippen MR) is 99.1 cm³/mol. The first-order valence-electron chi connectivity index (χ1n) is 8.60. The van der Waals surface area contributed by atoms with Gasteiger partial charge in [0.1, 0.15) is 5.75 Å². The fourth-order valence-corrected chi connectivity index (χ4v) is 3.32. The number of nitrogens with two attached hydrogens (primary N) is 1. The Morgan fingerprint density at radius 1 is 1.04 bits per heavy atom. The molecule has 0 saturated carbocycles. The average molecular weight is 311 g/mol. The number of anilines is 1. The van der Waals surface area contributed by atoms with Crippen molar-refractivity contribution in [3.63, 3.8) is 0 Å². The normalized spacial score (nSPS) is 13.6. The van der Waals surface area contributed by atoms with Crippen molar-refractivity contribution in [2.24, 2.45) is 5.92 Å². The molecular formula is C21H29NO. The summed E-state index contributed by atoms with van der Waals surface area (Å²) < 4.78 is 5.51. The van der Waals surface area contributed by atoms with Crippen molar-refractivity contribution in [3.8, 4) is 5.75 Å². The number of benzene rings is 2. The third-order valence-electron chi connectivity index (χ3n) is 4.98. The van der Waals surface area contributed by atoms with E-state index >= 15 is 0 Å². The minimum atomic E-state index is 0.496. The van der Waals surface area contributed by atoms with Crippen molar-refractivity contribution in [3.05, 3.63) is 59.2 Å². The molecule has 0 aliphatic rings. The largest absolute Gasteiger partial charge is 0.496 e. The van der Waals surface area contributed by atoms with E-state index in [4.69, 9.17) is 10.5 Å². The molecule has 2 aromatic rings. The first-order valence-corrected chi connectivity index (χ1v) is 8.60. The Morgan fingerprint density at radius 3 is 2.43 bits per heavy atom. The molecule has 2 atom stereocenters. The van der Waals surface area contributed by atoms with Gasteiger partial charge in [-0.2, -0.15) is 0 Å². The number of hydrogen-bond donors (Lipinski definition) is 1. The molecule has 0 aliphatic carbocycles. The summed E-state index contributed by atoms with van der Waals surface area (Å²) in [7, 11) is 1.75. The number of ether oxygens (including phenoxy) is 1. The third kappa shape index (κ3) is 4.07. The van der Waals surface area contributed by atoms with Crippen LogP contribution >= 0.6 is 0 Å². The maximum Gasteiger partial charge on any atom is 0.122 e. The summed E-state index contributed by atoms with van der Waals surface area (Å²) in [6.45, 7) is 6.76. The molecule has 0 aromatic heterocycles. The van der Waals surface area contributed by atoms with Gasteiger partial charge in [-0.15, -0.1) is 0 Å². The summed E-state index contributed by atoms with van der Waals surface area (Å²) in [4.78, 5) is 0. The van der Waals surface area contributed by atoms with Gasteiger partial charge in [0.05, 0.1) is 7.11 Å². The summed E-state index contributed by atoms with van der Waals surface area (Å²) in [5.74, 6) is 2.07. The Hall–Kier alpha value is -1.96. The van der Waals surface area contributed by atoms with Gasteiger partial charge in [0.2, 0.25) is 0 Å². The molecule has 0 heterocycles. The smallest absolute Gasteiger partial charge is 0.122 e. The number of rotatable bonds is 7. The van der Waals surface area contributed by atoms with Crippen LogP contribution in [0.5, 0.6) is 5.75 Å². The minimum Gasteiger partial charge on any atom is -0.496 e. The van der Waals surface area contributed by atoms with Crippen molar-refractivity contribution in [2.45, 2.75) is 46.0 Å². The molecule has 2 nitrogen and oxygen atoms in total. The number of aryl methyl sites for hydroxylation is 1. The molecular weight excluding hydrogens is 282 g/mol. The van der Waals surface area contributed by atoms with Gasteiger partial charge in [-0.3, -0.25) is 0 Å². The van der Waals surface area contributed by atoms with Crippen LogP contribution in [0.15, 0.2) is 42.5 Å². The summed E-state index contributed by atoms with van der Waals surface area (Å²) in [5, 5.41) is 0. The third-order valence-corrected chi connectivity index (χ3v) is 4.98. The zero-order valence-corrected chi connectivity index (χ0v) is 14.8. The van der Waals surface area contributed by atoms with E-state index in [9.17, 15) is 0 Å². The Balaban J connectivity index is 2.23. The van der Waals surface area contributed by atoms with Gasteiger partial charge in [-0.25, -0.2) is 0 Å². The second kappa shape index (κ2) is 8.05. The monoisotopic (exact) mass is 311 g/mol. The highest BCUT2D eigenvalue weighted by atomic mass is 16.5. The summed E-state index contributed by atoms with van der Waals surface area (Å²) in [5.41, 5.74) is 10.9. The van der Waals surface area contributed by atoms with Crippen LogP contribution in [0.2, 0.25) is 0 Å². The standard InChI is InChI=1S/C21H29NO/c1-5-16(13-19-9-7-8-10-21(19)23-4)15(3)18-11-12-20(22)17(6-2)14-18/h7-12,14-16H,5-6,13,22H2,1-4H3. The van der Waals surface area contributed by atoms with Crippen LogP contribution < -0.4 is 10.5 Å². The van der Waals surface area contributed by atoms with Crippen LogP contribution in [-0.2, 0) is 12.8 Å². The highest BCUT2D eigenvalue weighted by Crippen LogP contribution is 2.33. The molecule has 0 amide bonds. The fraction of sp³-hybridized carbons (Fsp3) is 0.429. The first kappa shape index (κ1) is 17.4. The molecule has 0 radical (unpaired) electrons. The van der Waals surface area contributed by atoms with E-state index in [-0.39, 0.29) is 0 Å². The average Bonchev–Trinajstić information content (AvgIpc) is 2.59. The number of methoxy groups -OCH3 is 1. The first-order chi connectivity index (χ1) is 11.1. The molecule has 2 rings (SSSR count). The van der Waals surface area contributed by atoms with Gasteiger partial charge in [0, 0.05) is 5.69 Å². The Bertz CT molecular complexity index is 635. The number of para-hydroxylation sites is 1. The summed E-state index contributed by atoms with van der Waals surface area (Å²) in [6, 6.07) is 14.9. The van der Waals surface area contributed by atoms with Crippen molar-refractivity contribution in [1.29, 1.82) is 0 Å².